The summed E-state index contributed by atoms with van der Waals surface area (Å²) in [5, 5.41) is 0. The number of nitrogens with zero attached hydrogens (tertiary/aromatic N) is 2. The molecule has 0 unspecified atom stereocenters. The predicted octanol–water partition coefficient (Wildman–Crippen LogP) is 3.19. The molecule has 0 amide bonds. The van der Waals surface area contributed by atoms with Crippen molar-refractivity contribution in [1.82, 2.24) is 4.90 Å². The smallest absolute Gasteiger partial charge is 0.122 e. The zero-order chi connectivity index (χ0) is 16.2. The summed E-state index contributed by atoms with van der Waals surface area (Å²) in [5.74, 6) is 0.968. The molecule has 0 bridgehead atoms. The second kappa shape index (κ2) is 6.97. The molecule has 1 aliphatic carbocycles. The lowest BCUT2D eigenvalue weighted by Crippen LogP contribution is -2.17. The molecule has 0 heterocycles. The monoisotopic (exact) mass is 308 g/mol. The van der Waals surface area contributed by atoms with Crippen LogP contribution in [0.4, 0.5) is 0 Å². The fraction of sp³-hybridized carbons (Fsp3) is 0.350. The maximum absolute atomic E-state index is 5.59. The highest BCUT2D eigenvalue weighted by Crippen LogP contribution is 2.30. The number of aliphatic imine (C=N–C) groups is 1. The summed E-state index contributed by atoms with van der Waals surface area (Å²) in [6.07, 6.45) is 2.01. The van der Waals surface area contributed by atoms with Gasteiger partial charge in [-0.25, -0.2) is 0 Å². The highest BCUT2D eigenvalue weighted by Gasteiger charge is 2.21. The highest BCUT2D eigenvalue weighted by atomic mass is 16.5. The molecular formula is C20H24N2O. The van der Waals surface area contributed by atoms with Crippen LogP contribution >= 0.6 is 0 Å². The molecule has 2 aromatic rings. The van der Waals surface area contributed by atoms with Gasteiger partial charge in [-0.05, 0) is 38.6 Å². The van der Waals surface area contributed by atoms with Crippen LogP contribution in [0.1, 0.15) is 22.3 Å². The molecule has 0 saturated carbocycles. The van der Waals surface area contributed by atoms with E-state index in [0.717, 1.165) is 37.4 Å². The van der Waals surface area contributed by atoms with Crippen molar-refractivity contribution in [3.63, 3.8) is 0 Å². The van der Waals surface area contributed by atoms with Crippen molar-refractivity contribution in [2.45, 2.75) is 12.8 Å². The Hall–Kier alpha value is -2.13. The maximum atomic E-state index is 5.59. The largest absolute Gasteiger partial charge is 0.496 e. The van der Waals surface area contributed by atoms with Crippen LogP contribution in [-0.2, 0) is 12.8 Å². The maximum Gasteiger partial charge on any atom is 0.122 e. The molecular weight excluding hydrogens is 284 g/mol. The van der Waals surface area contributed by atoms with Gasteiger partial charge < -0.3 is 9.64 Å². The van der Waals surface area contributed by atoms with E-state index >= 15 is 0 Å². The lowest BCUT2D eigenvalue weighted by Gasteiger charge is -2.14. The number of hydrogen-bond donors (Lipinski definition) is 0. The molecule has 0 aromatic heterocycles. The van der Waals surface area contributed by atoms with Crippen molar-refractivity contribution in [1.29, 1.82) is 0 Å². The third kappa shape index (κ3) is 3.30. The molecule has 2 aromatic carbocycles. The summed E-state index contributed by atoms with van der Waals surface area (Å²) in [6, 6.07) is 14.9. The first-order valence-corrected chi connectivity index (χ1v) is 8.14. The van der Waals surface area contributed by atoms with Crippen LogP contribution in [0.5, 0.6) is 5.75 Å². The van der Waals surface area contributed by atoms with Crippen LogP contribution in [0.15, 0.2) is 47.5 Å². The van der Waals surface area contributed by atoms with Gasteiger partial charge in [0.15, 0.2) is 0 Å². The molecule has 0 spiro atoms. The van der Waals surface area contributed by atoms with E-state index < -0.39 is 0 Å². The minimum Gasteiger partial charge on any atom is -0.496 e. The van der Waals surface area contributed by atoms with E-state index in [0.29, 0.717) is 0 Å². The standard InChI is InChI=1S/C20H24N2O/c1-22(2)14-13-21-20-16-8-5-4-7-15(16)11-12-17-18(20)9-6-10-19(17)23-3/h4-10H,11-14H2,1-3H3. The Morgan fingerprint density at radius 1 is 1.00 bits per heavy atom. The van der Waals surface area contributed by atoms with Crippen LogP contribution in [0.3, 0.4) is 0 Å². The first kappa shape index (κ1) is 15.8. The van der Waals surface area contributed by atoms with Gasteiger partial charge in [-0.15, -0.1) is 0 Å². The third-order valence-corrected chi connectivity index (χ3v) is 4.34. The average molecular weight is 308 g/mol. The fourth-order valence-electron chi connectivity index (χ4n) is 3.14. The lowest BCUT2D eigenvalue weighted by molar-refractivity contribution is 0.409. The summed E-state index contributed by atoms with van der Waals surface area (Å²) >= 11 is 0. The van der Waals surface area contributed by atoms with Gasteiger partial charge in [-0.3, -0.25) is 4.99 Å². The first-order chi connectivity index (χ1) is 11.2. The van der Waals surface area contributed by atoms with Gasteiger partial charge in [0.1, 0.15) is 5.75 Å². The van der Waals surface area contributed by atoms with E-state index in [1.807, 2.05) is 6.07 Å². The van der Waals surface area contributed by atoms with Gasteiger partial charge >= 0.3 is 0 Å². The van der Waals surface area contributed by atoms with Gasteiger partial charge in [0.25, 0.3) is 0 Å². The number of likely N-dealkylation sites (N-methyl/N-ethyl adjacent to an activating group) is 1. The molecule has 0 aliphatic heterocycles. The quantitative estimate of drug-likeness (QED) is 0.866. The molecule has 0 fully saturated rings. The summed E-state index contributed by atoms with van der Waals surface area (Å²) < 4.78 is 5.59. The highest BCUT2D eigenvalue weighted by molar-refractivity contribution is 6.15. The number of ether oxygens (including phenoxy) is 1. The van der Waals surface area contributed by atoms with Gasteiger partial charge in [0.05, 0.1) is 19.4 Å². The molecule has 3 nitrogen and oxygen atoms in total. The van der Waals surface area contributed by atoms with E-state index in [1.54, 1.807) is 7.11 Å². The van der Waals surface area contributed by atoms with Crippen LogP contribution in [0, 0.1) is 0 Å². The molecule has 120 valence electrons. The van der Waals surface area contributed by atoms with E-state index in [4.69, 9.17) is 9.73 Å². The normalized spacial score (nSPS) is 15.2. The van der Waals surface area contributed by atoms with E-state index in [1.165, 1.54) is 22.3 Å². The van der Waals surface area contributed by atoms with Gasteiger partial charge in [-0.1, -0.05) is 36.4 Å². The Balaban J connectivity index is 2.12. The summed E-state index contributed by atoms with van der Waals surface area (Å²) in [6.45, 7) is 1.75. The first-order valence-electron chi connectivity index (χ1n) is 8.14. The third-order valence-electron chi connectivity index (χ3n) is 4.34. The SMILES string of the molecule is COc1cccc2c1CCc1ccccc1C2=NCCN(C)C. The number of benzene rings is 2. The zero-order valence-electron chi connectivity index (χ0n) is 14.2. The van der Waals surface area contributed by atoms with E-state index in [2.05, 4.69) is 55.4 Å². The number of aryl methyl sites for hydroxylation is 1. The molecule has 0 atom stereocenters. The van der Waals surface area contributed by atoms with E-state index in [-0.39, 0.29) is 0 Å². The molecule has 0 radical (unpaired) electrons. The van der Waals surface area contributed by atoms with Crippen molar-refractivity contribution in [2.24, 2.45) is 4.99 Å². The van der Waals surface area contributed by atoms with Crippen molar-refractivity contribution in [2.75, 3.05) is 34.3 Å². The Bertz CT molecular complexity index is 719. The van der Waals surface area contributed by atoms with Crippen molar-refractivity contribution in [3.8, 4) is 5.75 Å². The molecule has 23 heavy (non-hydrogen) atoms. The number of methoxy groups -OCH3 is 1. The van der Waals surface area contributed by atoms with Crippen molar-refractivity contribution in [3.05, 3.63) is 64.7 Å². The van der Waals surface area contributed by atoms with Gasteiger partial charge in [0.2, 0.25) is 0 Å². The Morgan fingerprint density at radius 3 is 2.57 bits per heavy atom. The topological polar surface area (TPSA) is 24.8 Å². The fourth-order valence-corrected chi connectivity index (χ4v) is 3.14. The summed E-state index contributed by atoms with van der Waals surface area (Å²) in [7, 11) is 5.91. The molecule has 3 rings (SSSR count). The average Bonchev–Trinajstić information content (AvgIpc) is 2.72. The Morgan fingerprint density at radius 2 is 1.78 bits per heavy atom. The molecule has 0 saturated heterocycles. The van der Waals surface area contributed by atoms with Crippen molar-refractivity contribution < 1.29 is 4.74 Å². The lowest BCUT2D eigenvalue weighted by atomic mass is 9.97. The second-order valence-corrected chi connectivity index (χ2v) is 6.18. The van der Waals surface area contributed by atoms with Gasteiger partial charge in [0, 0.05) is 23.2 Å². The Labute approximate surface area is 138 Å². The van der Waals surface area contributed by atoms with Crippen LogP contribution in [0.2, 0.25) is 0 Å². The Kier molecular flexibility index (Phi) is 4.77. The number of rotatable bonds is 4. The predicted molar refractivity (Wildman–Crippen MR) is 95.9 cm³/mol. The molecule has 3 heteroatoms. The minimum absolute atomic E-state index is 0.799. The summed E-state index contributed by atoms with van der Waals surface area (Å²) in [4.78, 5) is 7.13. The second-order valence-electron chi connectivity index (χ2n) is 6.18. The number of fused-ring (bicyclic) bond motifs is 2. The number of hydrogen-bond acceptors (Lipinski definition) is 3. The summed E-state index contributed by atoms with van der Waals surface area (Å²) in [5.41, 5.74) is 6.23. The van der Waals surface area contributed by atoms with Crippen molar-refractivity contribution >= 4 is 5.71 Å². The van der Waals surface area contributed by atoms with E-state index in [9.17, 15) is 0 Å². The van der Waals surface area contributed by atoms with Gasteiger partial charge in [-0.2, -0.15) is 0 Å². The van der Waals surface area contributed by atoms with Crippen LogP contribution in [-0.4, -0.2) is 44.9 Å². The molecule has 0 N–H and O–H groups in total. The zero-order valence-corrected chi connectivity index (χ0v) is 14.2. The van der Waals surface area contributed by atoms with Crippen LogP contribution < -0.4 is 4.74 Å². The minimum atomic E-state index is 0.799. The molecule has 1 aliphatic rings. The van der Waals surface area contributed by atoms with Crippen LogP contribution in [0.25, 0.3) is 0 Å².